The van der Waals surface area contributed by atoms with Crippen LogP contribution in [0.2, 0.25) is 0 Å². The monoisotopic (exact) mass is 369 g/mol. The van der Waals surface area contributed by atoms with Gasteiger partial charge >= 0.3 is 0 Å². The lowest BCUT2D eigenvalue weighted by Crippen LogP contribution is -2.23. The van der Waals surface area contributed by atoms with Crippen molar-refractivity contribution in [2.75, 3.05) is 12.9 Å². The van der Waals surface area contributed by atoms with Gasteiger partial charge in [0.25, 0.3) is 5.91 Å². The molecule has 5 nitrogen and oxygen atoms in total. The summed E-state index contributed by atoms with van der Waals surface area (Å²) >= 11 is 1.39. The summed E-state index contributed by atoms with van der Waals surface area (Å²) < 4.78 is 18.5. The van der Waals surface area contributed by atoms with Crippen LogP contribution >= 0.6 is 11.8 Å². The number of benzene rings is 2. The van der Waals surface area contributed by atoms with E-state index in [1.165, 1.54) is 23.9 Å². The van der Waals surface area contributed by atoms with Crippen LogP contribution in [0.1, 0.15) is 23.6 Å². The molecule has 0 fully saturated rings. The zero-order valence-corrected chi connectivity index (χ0v) is 14.9. The second-order valence-corrected chi connectivity index (χ2v) is 6.91. The minimum absolute atomic E-state index is 0.0712. The van der Waals surface area contributed by atoms with E-state index in [9.17, 15) is 9.18 Å². The minimum Gasteiger partial charge on any atom is -0.497 e. The van der Waals surface area contributed by atoms with Crippen LogP contribution in [0.3, 0.4) is 0 Å². The smallest absolute Gasteiger partial charge is 0.258 e. The minimum atomic E-state index is -0.280. The van der Waals surface area contributed by atoms with E-state index in [4.69, 9.17) is 9.84 Å². The van der Waals surface area contributed by atoms with E-state index in [1.54, 1.807) is 24.3 Å². The molecule has 1 unspecified atom stereocenters. The molecule has 2 aliphatic rings. The van der Waals surface area contributed by atoms with Crippen molar-refractivity contribution < 1.29 is 13.9 Å². The van der Waals surface area contributed by atoms with Crippen molar-refractivity contribution >= 4 is 28.5 Å². The molecule has 2 aromatic carbocycles. The number of ether oxygens (including phenoxy) is 1. The van der Waals surface area contributed by atoms with Crippen LogP contribution in [0.5, 0.6) is 5.75 Å². The van der Waals surface area contributed by atoms with Gasteiger partial charge in [-0.05, 0) is 35.4 Å². The third-order valence-corrected chi connectivity index (χ3v) is 5.26. The topological polar surface area (TPSA) is 54.3 Å². The second-order valence-electron chi connectivity index (χ2n) is 5.97. The van der Waals surface area contributed by atoms with Crippen LogP contribution < -0.4 is 4.74 Å². The lowest BCUT2D eigenvalue weighted by molar-refractivity contribution is -0.115. The summed E-state index contributed by atoms with van der Waals surface area (Å²) in [7, 11) is 1.63. The molecular weight excluding hydrogens is 353 g/mol. The van der Waals surface area contributed by atoms with Gasteiger partial charge in [-0.2, -0.15) is 10.1 Å². The summed E-state index contributed by atoms with van der Waals surface area (Å²) in [6.07, 6.45) is 0.645. The fourth-order valence-corrected chi connectivity index (χ4v) is 3.79. The maximum atomic E-state index is 13.2. The van der Waals surface area contributed by atoms with Gasteiger partial charge in [0.1, 0.15) is 11.6 Å². The van der Waals surface area contributed by atoms with Gasteiger partial charge in [-0.3, -0.25) is 4.79 Å². The molecule has 2 aromatic rings. The second kappa shape index (κ2) is 6.92. The molecule has 0 aromatic heterocycles. The summed E-state index contributed by atoms with van der Waals surface area (Å²) in [4.78, 5) is 15.7. The van der Waals surface area contributed by atoms with E-state index in [0.717, 1.165) is 22.6 Å². The van der Waals surface area contributed by atoms with Crippen LogP contribution in [0.4, 0.5) is 4.39 Å². The van der Waals surface area contributed by atoms with Gasteiger partial charge in [-0.1, -0.05) is 36.0 Å². The Morgan fingerprint density at radius 1 is 1.15 bits per heavy atom. The average Bonchev–Trinajstić information content (AvgIpc) is 3.29. The standard InChI is InChI=1S/C19H16FN3O2S/c1-25-15-8-4-13(5-9-15)17-10-16(12-2-6-14(20)7-3-12)22-23(17)19-21-18(24)11-26-19/h2-9,17H,10-11H2,1H3. The first kappa shape index (κ1) is 16.8. The van der Waals surface area contributed by atoms with Crippen LogP contribution in [0.25, 0.3) is 0 Å². The van der Waals surface area contributed by atoms with Gasteiger partial charge in [0.15, 0.2) is 5.17 Å². The molecule has 132 valence electrons. The number of hydrogen-bond acceptors (Lipinski definition) is 5. The first-order valence-electron chi connectivity index (χ1n) is 8.15. The van der Waals surface area contributed by atoms with Gasteiger partial charge in [-0.15, -0.1) is 0 Å². The number of carbonyl (C=O) groups is 1. The molecule has 2 heterocycles. The van der Waals surface area contributed by atoms with Crippen LogP contribution in [-0.4, -0.2) is 34.7 Å². The lowest BCUT2D eigenvalue weighted by atomic mass is 9.98. The quantitative estimate of drug-likeness (QED) is 0.829. The summed E-state index contributed by atoms with van der Waals surface area (Å²) in [6.45, 7) is 0. The third-order valence-electron chi connectivity index (χ3n) is 4.33. The molecule has 2 aliphatic heterocycles. The van der Waals surface area contributed by atoms with Crippen molar-refractivity contribution in [1.82, 2.24) is 5.01 Å². The summed E-state index contributed by atoms with van der Waals surface area (Å²) in [5, 5.41) is 7.10. The van der Waals surface area contributed by atoms with Crippen molar-refractivity contribution in [3.63, 3.8) is 0 Å². The Bertz CT molecular complexity index is 894. The van der Waals surface area contributed by atoms with Crippen LogP contribution in [0.15, 0.2) is 58.6 Å². The Balaban J connectivity index is 1.69. The molecule has 0 spiro atoms. The van der Waals surface area contributed by atoms with Crippen molar-refractivity contribution in [2.24, 2.45) is 10.1 Å². The molecule has 1 amide bonds. The number of hydrazone groups is 1. The van der Waals surface area contributed by atoms with Gasteiger partial charge in [-0.25, -0.2) is 9.40 Å². The molecule has 0 bridgehead atoms. The van der Waals surface area contributed by atoms with Gasteiger partial charge in [0, 0.05) is 6.42 Å². The molecule has 0 radical (unpaired) electrons. The predicted octanol–water partition coefficient (Wildman–Crippen LogP) is 3.61. The van der Waals surface area contributed by atoms with Crippen molar-refractivity contribution in [2.45, 2.75) is 12.5 Å². The van der Waals surface area contributed by atoms with Crippen LogP contribution in [0, 0.1) is 5.82 Å². The SMILES string of the molecule is COc1ccc(C2CC(c3ccc(F)cc3)=NN2C2=NC(=O)CS2)cc1. The molecule has 0 N–H and O–H groups in total. The highest BCUT2D eigenvalue weighted by molar-refractivity contribution is 8.14. The predicted molar refractivity (Wildman–Crippen MR) is 100 cm³/mol. The summed E-state index contributed by atoms with van der Waals surface area (Å²) in [6, 6.07) is 14.0. The molecule has 26 heavy (non-hydrogen) atoms. The highest BCUT2D eigenvalue weighted by atomic mass is 32.2. The van der Waals surface area contributed by atoms with E-state index in [-0.39, 0.29) is 17.8 Å². The molecule has 4 rings (SSSR count). The number of rotatable bonds is 3. The van der Waals surface area contributed by atoms with Crippen molar-refractivity contribution in [1.29, 1.82) is 0 Å². The first-order chi connectivity index (χ1) is 12.6. The molecular formula is C19H16FN3O2S. The largest absolute Gasteiger partial charge is 0.497 e. The van der Waals surface area contributed by atoms with E-state index in [0.29, 0.717) is 17.3 Å². The zero-order valence-electron chi connectivity index (χ0n) is 14.1. The lowest BCUT2D eigenvalue weighted by Gasteiger charge is -2.22. The Labute approximate surface area is 154 Å². The van der Waals surface area contributed by atoms with Crippen molar-refractivity contribution in [3.8, 4) is 5.75 Å². The summed E-state index contributed by atoms with van der Waals surface area (Å²) in [5.41, 5.74) is 2.75. The molecule has 7 heteroatoms. The number of hydrogen-bond donors (Lipinski definition) is 0. The third kappa shape index (κ3) is 3.22. The van der Waals surface area contributed by atoms with Gasteiger partial charge < -0.3 is 4.74 Å². The summed E-state index contributed by atoms with van der Waals surface area (Å²) in [5.74, 6) is 0.685. The van der Waals surface area contributed by atoms with E-state index < -0.39 is 0 Å². The number of nitrogens with zero attached hydrogens (tertiary/aromatic N) is 3. The number of methoxy groups -OCH3 is 1. The number of aliphatic imine (C=N–C) groups is 1. The van der Waals surface area contributed by atoms with E-state index in [2.05, 4.69) is 4.99 Å². The maximum Gasteiger partial charge on any atom is 0.258 e. The fraction of sp³-hybridized carbons (Fsp3) is 0.211. The Morgan fingerprint density at radius 3 is 2.50 bits per heavy atom. The Morgan fingerprint density at radius 2 is 1.88 bits per heavy atom. The molecule has 0 aliphatic carbocycles. The van der Waals surface area contributed by atoms with Gasteiger partial charge in [0.05, 0.1) is 24.6 Å². The highest BCUT2D eigenvalue weighted by Gasteiger charge is 2.34. The Hall–Kier alpha value is -2.67. The Kier molecular flexibility index (Phi) is 4.46. The van der Waals surface area contributed by atoms with E-state index in [1.807, 2.05) is 24.3 Å². The maximum absolute atomic E-state index is 13.2. The number of thioether (sulfide) groups is 1. The highest BCUT2D eigenvalue weighted by Crippen LogP contribution is 2.36. The number of amides is 1. The average molecular weight is 369 g/mol. The van der Waals surface area contributed by atoms with E-state index >= 15 is 0 Å². The number of amidine groups is 1. The number of carbonyl (C=O) groups excluding carboxylic acids is 1. The molecule has 0 saturated heterocycles. The molecule has 0 saturated carbocycles. The fourth-order valence-electron chi connectivity index (χ4n) is 3.00. The van der Waals surface area contributed by atoms with Gasteiger partial charge in [0.2, 0.25) is 0 Å². The number of halogens is 1. The van der Waals surface area contributed by atoms with Crippen molar-refractivity contribution in [3.05, 3.63) is 65.5 Å². The normalized spacial score (nSPS) is 19.5. The first-order valence-corrected chi connectivity index (χ1v) is 9.13. The van der Waals surface area contributed by atoms with Crippen LogP contribution in [-0.2, 0) is 4.79 Å². The zero-order chi connectivity index (χ0) is 18.1. The molecule has 1 atom stereocenters.